The molecule has 1 nitrogen and oxygen atoms in total. The molecule has 0 aromatic heterocycles. The van der Waals surface area contributed by atoms with E-state index in [-0.39, 0.29) is 0 Å². The third-order valence-corrected chi connectivity index (χ3v) is 4.16. The Morgan fingerprint density at radius 3 is 2.63 bits per heavy atom. The second-order valence-corrected chi connectivity index (χ2v) is 5.34. The summed E-state index contributed by atoms with van der Waals surface area (Å²) in [6.45, 7) is 5.42. The third kappa shape index (κ3) is 2.19. The van der Waals surface area contributed by atoms with Crippen molar-refractivity contribution in [3.05, 3.63) is 59.2 Å². The van der Waals surface area contributed by atoms with Crippen molar-refractivity contribution in [3.63, 3.8) is 0 Å². The predicted octanol–water partition coefficient (Wildman–Crippen LogP) is 4.26. The van der Waals surface area contributed by atoms with Gasteiger partial charge in [0.1, 0.15) is 0 Å². The number of rotatable bonds is 3. The molecule has 0 fully saturated rings. The summed E-state index contributed by atoms with van der Waals surface area (Å²) < 4.78 is 0. The predicted molar refractivity (Wildman–Crippen MR) is 81.4 cm³/mol. The lowest BCUT2D eigenvalue weighted by Gasteiger charge is -2.14. The topological polar surface area (TPSA) is 12.0 Å². The summed E-state index contributed by atoms with van der Waals surface area (Å²) in [5, 5.41) is 3.59. The van der Waals surface area contributed by atoms with Crippen LogP contribution in [0.3, 0.4) is 0 Å². The Bertz CT molecular complexity index is 586. The monoisotopic (exact) mass is 251 g/mol. The summed E-state index contributed by atoms with van der Waals surface area (Å²) in [4.78, 5) is 0. The first-order valence-corrected chi connectivity index (χ1v) is 7.22. The second-order valence-electron chi connectivity index (χ2n) is 5.34. The summed E-state index contributed by atoms with van der Waals surface area (Å²) in [5.41, 5.74) is 7.22. The number of fused-ring (bicyclic) bond motifs is 1. The SMILES string of the molecule is CCNC1CCc2c(-c3ccccc3C)cccc21. The fraction of sp³-hybridized carbons (Fsp3) is 0.333. The first-order chi connectivity index (χ1) is 9.31. The molecule has 19 heavy (non-hydrogen) atoms. The van der Waals surface area contributed by atoms with Crippen molar-refractivity contribution in [1.82, 2.24) is 5.32 Å². The van der Waals surface area contributed by atoms with Crippen LogP contribution in [0.15, 0.2) is 42.5 Å². The highest BCUT2D eigenvalue weighted by Gasteiger charge is 2.24. The number of benzene rings is 2. The van der Waals surface area contributed by atoms with Crippen LogP contribution in [0.1, 0.15) is 36.1 Å². The Morgan fingerprint density at radius 1 is 1.05 bits per heavy atom. The fourth-order valence-electron chi connectivity index (χ4n) is 3.24. The standard InChI is InChI=1S/C18H21N/c1-3-19-18-12-11-16-15(9-6-10-17(16)18)14-8-5-4-7-13(14)2/h4-10,18-19H,3,11-12H2,1-2H3. The third-order valence-electron chi connectivity index (χ3n) is 4.16. The summed E-state index contributed by atoms with van der Waals surface area (Å²) in [6.07, 6.45) is 2.42. The molecular formula is C18H21N. The molecule has 0 aliphatic heterocycles. The zero-order chi connectivity index (χ0) is 13.2. The van der Waals surface area contributed by atoms with E-state index < -0.39 is 0 Å². The average Bonchev–Trinajstić information content (AvgIpc) is 2.83. The van der Waals surface area contributed by atoms with Gasteiger partial charge in [0, 0.05) is 6.04 Å². The Kier molecular flexibility index (Phi) is 3.39. The van der Waals surface area contributed by atoms with Gasteiger partial charge in [-0.15, -0.1) is 0 Å². The van der Waals surface area contributed by atoms with E-state index in [1.165, 1.54) is 35.1 Å². The smallest absolute Gasteiger partial charge is 0.0326 e. The first-order valence-electron chi connectivity index (χ1n) is 7.22. The van der Waals surface area contributed by atoms with Gasteiger partial charge in [0.25, 0.3) is 0 Å². The highest BCUT2D eigenvalue weighted by molar-refractivity contribution is 5.72. The minimum atomic E-state index is 0.545. The van der Waals surface area contributed by atoms with Gasteiger partial charge in [0.05, 0.1) is 0 Å². The van der Waals surface area contributed by atoms with Gasteiger partial charge in [0.15, 0.2) is 0 Å². The summed E-state index contributed by atoms with van der Waals surface area (Å²) >= 11 is 0. The number of hydrogen-bond donors (Lipinski definition) is 1. The van der Waals surface area contributed by atoms with E-state index in [9.17, 15) is 0 Å². The average molecular weight is 251 g/mol. The zero-order valence-electron chi connectivity index (χ0n) is 11.7. The van der Waals surface area contributed by atoms with Crippen LogP contribution in [-0.2, 0) is 6.42 Å². The highest BCUT2D eigenvalue weighted by atomic mass is 14.9. The first kappa shape index (κ1) is 12.4. The molecule has 0 bridgehead atoms. The van der Waals surface area contributed by atoms with E-state index in [2.05, 4.69) is 61.6 Å². The molecule has 0 heterocycles. The van der Waals surface area contributed by atoms with Gasteiger partial charge in [0.2, 0.25) is 0 Å². The fourth-order valence-corrected chi connectivity index (χ4v) is 3.24. The Labute approximate surface area is 115 Å². The van der Waals surface area contributed by atoms with E-state index in [0.29, 0.717) is 6.04 Å². The van der Waals surface area contributed by atoms with Gasteiger partial charge in [-0.1, -0.05) is 49.4 Å². The van der Waals surface area contributed by atoms with Crippen LogP contribution >= 0.6 is 0 Å². The van der Waals surface area contributed by atoms with Crippen molar-refractivity contribution >= 4 is 0 Å². The van der Waals surface area contributed by atoms with Crippen LogP contribution in [0, 0.1) is 6.92 Å². The number of nitrogens with one attached hydrogen (secondary N) is 1. The van der Waals surface area contributed by atoms with E-state index in [4.69, 9.17) is 0 Å². The second kappa shape index (κ2) is 5.18. The minimum Gasteiger partial charge on any atom is -0.310 e. The van der Waals surface area contributed by atoms with Crippen LogP contribution in [0.25, 0.3) is 11.1 Å². The summed E-state index contributed by atoms with van der Waals surface area (Å²) in [7, 11) is 0. The summed E-state index contributed by atoms with van der Waals surface area (Å²) in [6, 6.07) is 16.0. The number of hydrogen-bond acceptors (Lipinski definition) is 1. The highest BCUT2D eigenvalue weighted by Crippen LogP contribution is 2.38. The normalized spacial score (nSPS) is 17.5. The van der Waals surface area contributed by atoms with E-state index in [1.807, 2.05) is 0 Å². The molecule has 1 unspecified atom stereocenters. The molecule has 0 radical (unpaired) electrons. The largest absolute Gasteiger partial charge is 0.310 e. The zero-order valence-corrected chi connectivity index (χ0v) is 11.7. The van der Waals surface area contributed by atoms with E-state index >= 15 is 0 Å². The maximum atomic E-state index is 3.59. The Balaban J connectivity index is 2.08. The van der Waals surface area contributed by atoms with Gasteiger partial charge in [-0.2, -0.15) is 0 Å². The van der Waals surface area contributed by atoms with Crippen LogP contribution in [0.2, 0.25) is 0 Å². The molecule has 98 valence electrons. The van der Waals surface area contributed by atoms with Gasteiger partial charge < -0.3 is 5.32 Å². The maximum absolute atomic E-state index is 3.59. The van der Waals surface area contributed by atoms with Crippen molar-refractivity contribution in [3.8, 4) is 11.1 Å². The van der Waals surface area contributed by atoms with Gasteiger partial charge in [-0.05, 0) is 54.1 Å². The van der Waals surface area contributed by atoms with Crippen molar-refractivity contribution in [2.75, 3.05) is 6.54 Å². The maximum Gasteiger partial charge on any atom is 0.0326 e. The van der Waals surface area contributed by atoms with Gasteiger partial charge >= 0.3 is 0 Å². The lowest BCUT2D eigenvalue weighted by atomic mass is 9.93. The quantitative estimate of drug-likeness (QED) is 0.859. The molecule has 0 saturated carbocycles. The van der Waals surface area contributed by atoms with E-state index in [1.54, 1.807) is 5.56 Å². The molecule has 1 aliphatic carbocycles. The molecule has 1 atom stereocenters. The lowest BCUT2D eigenvalue weighted by molar-refractivity contribution is 0.549. The molecule has 2 aromatic carbocycles. The van der Waals surface area contributed by atoms with E-state index in [0.717, 1.165) is 6.54 Å². The molecular weight excluding hydrogens is 230 g/mol. The molecule has 2 aromatic rings. The van der Waals surface area contributed by atoms with Crippen LogP contribution in [-0.4, -0.2) is 6.54 Å². The summed E-state index contributed by atoms with van der Waals surface area (Å²) in [5.74, 6) is 0. The molecule has 3 rings (SSSR count). The molecule has 0 saturated heterocycles. The molecule has 1 heteroatoms. The minimum absolute atomic E-state index is 0.545. The van der Waals surface area contributed by atoms with Crippen molar-refractivity contribution in [2.45, 2.75) is 32.7 Å². The number of aryl methyl sites for hydroxylation is 1. The molecule has 0 spiro atoms. The van der Waals surface area contributed by atoms with Crippen LogP contribution < -0.4 is 5.32 Å². The Hall–Kier alpha value is -1.60. The molecule has 1 N–H and O–H groups in total. The van der Waals surface area contributed by atoms with Gasteiger partial charge in [-0.3, -0.25) is 0 Å². The Morgan fingerprint density at radius 2 is 1.84 bits per heavy atom. The lowest BCUT2D eigenvalue weighted by Crippen LogP contribution is -2.18. The molecule has 0 amide bonds. The molecule has 1 aliphatic rings. The van der Waals surface area contributed by atoms with Crippen LogP contribution in [0.4, 0.5) is 0 Å². The van der Waals surface area contributed by atoms with Crippen LogP contribution in [0.5, 0.6) is 0 Å². The van der Waals surface area contributed by atoms with Crippen molar-refractivity contribution in [2.24, 2.45) is 0 Å². The van der Waals surface area contributed by atoms with Crippen molar-refractivity contribution in [1.29, 1.82) is 0 Å². The van der Waals surface area contributed by atoms with Crippen molar-refractivity contribution < 1.29 is 0 Å². The van der Waals surface area contributed by atoms with Gasteiger partial charge in [-0.25, -0.2) is 0 Å².